The maximum absolute atomic E-state index is 12.3. The second-order valence-corrected chi connectivity index (χ2v) is 6.56. The van der Waals surface area contributed by atoms with Crippen molar-refractivity contribution in [2.24, 2.45) is 0 Å². The van der Waals surface area contributed by atoms with Gasteiger partial charge in [-0.1, -0.05) is 6.07 Å². The van der Waals surface area contributed by atoms with Crippen molar-refractivity contribution in [1.82, 2.24) is 29.7 Å². The molecule has 1 amide bonds. The molecule has 4 rings (SSSR count). The van der Waals surface area contributed by atoms with Crippen LogP contribution in [0.5, 0.6) is 0 Å². The third kappa shape index (κ3) is 3.71. The van der Waals surface area contributed by atoms with Gasteiger partial charge in [0.15, 0.2) is 5.82 Å². The summed E-state index contributed by atoms with van der Waals surface area (Å²) in [7, 11) is 0. The van der Waals surface area contributed by atoms with Gasteiger partial charge in [0.05, 0.1) is 11.3 Å². The first-order valence-electron chi connectivity index (χ1n) is 9.06. The van der Waals surface area contributed by atoms with E-state index < -0.39 is 0 Å². The molecule has 8 heteroatoms. The molecule has 4 aromatic heterocycles. The molecule has 0 spiro atoms. The highest BCUT2D eigenvalue weighted by molar-refractivity contribution is 5.95. The van der Waals surface area contributed by atoms with E-state index in [1.165, 1.54) is 0 Å². The van der Waals surface area contributed by atoms with Gasteiger partial charge in [-0.2, -0.15) is 5.10 Å². The Bertz CT molecular complexity index is 1080. The van der Waals surface area contributed by atoms with E-state index in [0.29, 0.717) is 30.3 Å². The maximum atomic E-state index is 12.3. The van der Waals surface area contributed by atoms with E-state index in [2.05, 4.69) is 25.9 Å². The van der Waals surface area contributed by atoms with Crippen molar-refractivity contribution in [3.05, 3.63) is 71.8 Å². The number of pyridine rings is 1. The quantitative estimate of drug-likeness (QED) is 0.505. The van der Waals surface area contributed by atoms with E-state index in [0.717, 1.165) is 16.9 Å². The molecule has 0 saturated carbocycles. The van der Waals surface area contributed by atoms with E-state index in [1.807, 2.05) is 73.1 Å². The molecule has 0 saturated heterocycles. The van der Waals surface area contributed by atoms with E-state index in [9.17, 15) is 4.79 Å². The molecule has 2 N–H and O–H groups in total. The molecular formula is C20H21N7O. The minimum atomic E-state index is -0.101. The monoisotopic (exact) mass is 375 g/mol. The van der Waals surface area contributed by atoms with Crippen LogP contribution in [-0.2, 0) is 0 Å². The van der Waals surface area contributed by atoms with Crippen LogP contribution in [0.2, 0.25) is 0 Å². The Morgan fingerprint density at radius 2 is 1.96 bits per heavy atom. The van der Waals surface area contributed by atoms with Crippen LogP contribution in [0.15, 0.2) is 54.9 Å². The Morgan fingerprint density at radius 1 is 1.07 bits per heavy atom. The third-order valence-corrected chi connectivity index (χ3v) is 4.36. The zero-order valence-corrected chi connectivity index (χ0v) is 15.8. The zero-order valence-electron chi connectivity index (χ0n) is 15.8. The Hall–Kier alpha value is -3.68. The number of carbonyl (C=O) groups is 1. The number of hydrogen-bond donors (Lipinski definition) is 2. The average molecular weight is 375 g/mol. The van der Waals surface area contributed by atoms with Gasteiger partial charge in [0.25, 0.3) is 5.91 Å². The predicted octanol–water partition coefficient (Wildman–Crippen LogP) is 2.37. The molecule has 142 valence electrons. The summed E-state index contributed by atoms with van der Waals surface area (Å²) in [5.41, 5.74) is 3.57. The van der Waals surface area contributed by atoms with Gasteiger partial charge in [-0.25, -0.2) is 4.68 Å². The van der Waals surface area contributed by atoms with Crippen molar-refractivity contribution >= 4 is 17.2 Å². The summed E-state index contributed by atoms with van der Waals surface area (Å²) in [6.45, 7) is 4.95. The summed E-state index contributed by atoms with van der Waals surface area (Å²) >= 11 is 0. The molecule has 0 unspecified atom stereocenters. The molecule has 0 aromatic carbocycles. The highest BCUT2D eigenvalue weighted by Crippen LogP contribution is 2.11. The van der Waals surface area contributed by atoms with Gasteiger partial charge in [0.1, 0.15) is 5.82 Å². The van der Waals surface area contributed by atoms with Gasteiger partial charge in [-0.3, -0.25) is 4.79 Å². The Balaban J connectivity index is 1.29. The molecular weight excluding hydrogens is 354 g/mol. The van der Waals surface area contributed by atoms with Gasteiger partial charge in [0, 0.05) is 36.7 Å². The van der Waals surface area contributed by atoms with Crippen molar-refractivity contribution in [3.8, 4) is 5.82 Å². The van der Waals surface area contributed by atoms with E-state index >= 15 is 0 Å². The number of hydrogen-bond acceptors (Lipinski definition) is 5. The summed E-state index contributed by atoms with van der Waals surface area (Å²) in [6.07, 6.45) is 3.74. The largest absolute Gasteiger partial charge is 0.367 e. The lowest BCUT2D eigenvalue weighted by Gasteiger charge is -2.07. The summed E-state index contributed by atoms with van der Waals surface area (Å²) in [6, 6.07) is 13.4. The fraction of sp³-hybridized carbons (Fsp3) is 0.200. The SMILES string of the molecule is Cc1cc(C)n(-c2ccc(NCCNC(=O)c3cc4ccccn4c3)nn2)n1. The molecule has 4 heterocycles. The summed E-state index contributed by atoms with van der Waals surface area (Å²) in [5, 5.41) is 18.8. The summed E-state index contributed by atoms with van der Waals surface area (Å²) in [5.74, 6) is 1.22. The zero-order chi connectivity index (χ0) is 19.5. The van der Waals surface area contributed by atoms with Crippen LogP contribution in [0.25, 0.3) is 11.3 Å². The van der Waals surface area contributed by atoms with Crippen LogP contribution in [0.1, 0.15) is 21.7 Å². The van der Waals surface area contributed by atoms with Gasteiger partial charge < -0.3 is 15.0 Å². The van der Waals surface area contributed by atoms with Gasteiger partial charge in [-0.15, -0.1) is 10.2 Å². The van der Waals surface area contributed by atoms with Crippen LogP contribution < -0.4 is 10.6 Å². The minimum absolute atomic E-state index is 0.101. The van der Waals surface area contributed by atoms with E-state index in [4.69, 9.17) is 0 Å². The number of fused-ring (bicyclic) bond motifs is 1. The molecule has 0 aliphatic heterocycles. The molecule has 8 nitrogen and oxygen atoms in total. The third-order valence-electron chi connectivity index (χ3n) is 4.36. The Morgan fingerprint density at radius 3 is 2.68 bits per heavy atom. The van der Waals surface area contributed by atoms with E-state index in [-0.39, 0.29) is 5.91 Å². The molecule has 0 aliphatic carbocycles. The first-order chi connectivity index (χ1) is 13.6. The molecule has 0 atom stereocenters. The highest BCUT2D eigenvalue weighted by Gasteiger charge is 2.08. The summed E-state index contributed by atoms with van der Waals surface area (Å²) in [4.78, 5) is 12.3. The minimum Gasteiger partial charge on any atom is -0.367 e. The second-order valence-electron chi connectivity index (χ2n) is 6.56. The van der Waals surface area contributed by atoms with Crippen molar-refractivity contribution in [1.29, 1.82) is 0 Å². The number of nitrogens with zero attached hydrogens (tertiary/aromatic N) is 5. The Labute approximate surface area is 162 Å². The lowest BCUT2D eigenvalue weighted by molar-refractivity contribution is 0.0955. The summed E-state index contributed by atoms with van der Waals surface area (Å²) < 4.78 is 3.68. The van der Waals surface area contributed by atoms with Crippen LogP contribution in [-0.4, -0.2) is 43.4 Å². The van der Waals surface area contributed by atoms with Crippen LogP contribution in [0, 0.1) is 13.8 Å². The number of aryl methyl sites for hydroxylation is 2. The lowest BCUT2D eigenvalue weighted by atomic mass is 10.3. The number of amides is 1. The molecule has 0 radical (unpaired) electrons. The number of nitrogens with one attached hydrogen (secondary N) is 2. The highest BCUT2D eigenvalue weighted by atomic mass is 16.1. The number of anilines is 1. The molecule has 28 heavy (non-hydrogen) atoms. The van der Waals surface area contributed by atoms with Crippen molar-refractivity contribution in [3.63, 3.8) is 0 Å². The van der Waals surface area contributed by atoms with Crippen LogP contribution in [0.4, 0.5) is 5.82 Å². The van der Waals surface area contributed by atoms with Crippen molar-refractivity contribution < 1.29 is 4.79 Å². The van der Waals surface area contributed by atoms with E-state index in [1.54, 1.807) is 4.68 Å². The number of carbonyl (C=O) groups excluding carboxylic acids is 1. The van der Waals surface area contributed by atoms with Crippen molar-refractivity contribution in [2.75, 3.05) is 18.4 Å². The smallest absolute Gasteiger partial charge is 0.252 e. The van der Waals surface area contributed by atoms with Gasteiger partial charge in [0.2, 0.25) is 0 Å². The normalized spacial score (nSPS) is 10.9. The fourth-order valence-electron chi connectivity index (χ4n) is 3.04. The predicted molar refractivity (Wildman–Crippen MR) is 107 cm³/mol. The van der Waals surface area contributed by atoms with Gasteiger partial charge in [-0.05, 0) is 50.2 Å². The van der Waals surface area contributed by atoms with Gasteiger partial charge >= 0.3 is 0 Å². The Kier molecular flexibility index (Phi) is 4.76. The molecule has 0 aliphatic rings. The second kappa shape index (κ2) is 7.51. The standard InChI is InChI=1S/C20H21N7O/c1-14-11-15(2)27(25-14)19-7-6-18(23-24-19)21-8-9-22-20(28)16-12-17-5-3-4-10-26(17)13-16/h3-7,10-13H,8-9H2,1-2H3,(H,21,23)(H,22,28). The average Bonchev–Trinajstić information content (AvgIpc) is 3.28. The van der Waals surface area contributed by atoms with Crippen LogP contribution >= 0.6 is 0 Å². The first-order valence-corrected chi connectivity index (χ1v) is 9.06. The maximum Gasteiger partial charge on any atom is 0.252 e. The number of rotatable bonds is 6. The molecule has 0 fully saturated rings. The molecule has 0 bridgehead atoms. The van der Waals surface area contributed by atoms with Crippen molar-refractivity contribution in [2.45, 2.75) is 13.8 Å². The first kappa shape index (κ1) is 17.7. The lowest BCUT2D eigenvalue weighted by Crippen LogP contribution is -2.28. The number of aromatic nitrogens is 5. The topological polar surface area (TPSA) is 89.1 Å². The van der Waals surface area contributed by atoms with Crippen LogP contribution in [0.3, 0.4) is 0 Å². The fourth-order valence-corrected chi connectivity index (χ4v) is 3.04. The molecule has 4 aromatic rings.